The van der Waals surface area contributed by atoms with E-state index in [0.29, 0.717) is 12.8 Å². The van der Waals surface area contributed by atoms with Gasteiger partial charge >= 0.3 is 0 Å². The quantitative estimate of drug-likeness (QED) is 0.0259. The third-order valence-corrected chi connectivity index (χ3v) is 15.6. The van der Waals surface area contributed by atoms with Crippen molar-refractivity contribution in [1.82, 2.24) is 5.32 Å². The maximum Gasteiger partial charge on any atom is 0.220 e. The molecule has 434 valence electrons. The Labute approximate surface area is 444 Å². The highest BCUT2D eigenvalue weighted by Gasteiger charge is 2.51. The van der Waals surface area contributed by atoms with E-state index in [-0.39, 0.29) is 12.5 Å². The van der Waals surface area contributed by atoms with E-state index in [4.69, 9.17) is 18.9 Å². The Morgan fingerprint density at radius 2 is 0.781 bits per heavy atom. The van der Waals surface area contributed by atoms with E-state index in [9.17, 15) is 45.6 Å². The van der Waals surface area contributed by atoms with Gasteiger partial charge in [0.1, 0.15) is 48.8 Å². The molecular formula is C59H115NO13. The van der Waals surface area contributed by atoms with E-state index in [1.807, 2.05) is 0 Å². The minimum Gasteiger partial charge on any atom is -0.394 e. The average Bonchev–Trinajstić information content (AvgIpc) is 3.39. The Hall–Kier alpha value is -1.01. The van der Waals surface area contributed by atoms with Gasteiger partial charge in [0.2, 0.25) is 5.91 Å². The van der Waals surface area contributed by atoms with Gasteiger partial charge in [-0.05, 0) is 12.8 Å². The van der Waals surface area contributed by atoms with E-state index in [0.717, 1.165) is 51.4 Å². The second kappa shape index (κ2) is 46.0. The first kappa shape index (κ1) is 68.1. The first-order valence-electron chi connectivity index (χ1n) is 30.8. The SMILES string of the molecule is CCCCCCCCCCCCCCCCCCCCCCCCCCCCCCCCC(O)C(COC1OC(CO)C(OC2OC(CO)C(O)C(O)C2O)C(O)C1O)NC(=O)CCCCCCCCCCC. The summed E-state index contributed by atoms with van der Waals surface area (Å²) in [5.74, 6) is -0.206. The molecule has 0 spiro atoms. The van der Waals surface area contributed by atoms with Gasteiger partial charge in [-0.1, -0.05) is 258 Å². The monoisotopic (exact) mass is 1050 g/mol. The van der Waals surface area contributed by atoms with Crippen molar-refractivity contribution in [3.05, 3.63) is 0 Å². The minimum atomic E-state index is -1.78. The number of unbranched alkanes of at least 4 members (excludes halogenated alkanes) is 37. The standard InChI is InChI=1S/C59H115NO13/c1-3-5-7-9-11-13-14-15-16-17-18-19-20-21-22-23-24-25-26-27-28-29-30-31-32-33-35-36-38-40-42-48(63)47(60-51(64)43-41-39-37-34-12-10-8-6-4-2)46-70-58-56(69)54(67)57(50(45-62)72-58)73-59-55(68)53(66)52(65)49(44-61)71-59/h47-50,52-59,61-63,65-69H,3-46H2,1-2H3,(H,60,64). The molecule has 14 nitrogen and oxygen atoms in total. The number of hydrogen-bond donors (Lipinski definition) is 9. The average molecular weight is 1050 g/mol. The van der Waals surface area contributed by atoms with E-state index in [2.05, 4.69) is 19.2 Å². The summed E-state index contributed by atoms with van der Waals surface area (Å²) in [6.07, 6.45) is 34.3. The van der Waals surface area contributed by atoms with Crippen molar-refractivity contribution >= 4 is 5.91 Å². The van der Waals surface area contributed by atoms with Crippen LogP contribution >= 0.6 is 0 Å². The second-order valence-electron chi connectivity index (χ2n) is 22.2. The summed E-state index contributed by atoms with van der Waals surface area (Å²) in [6, 6.07) is -0.821. The van der Waals surface area contributed by atoms with Crippen LogP contribution in [0.3, 0.4) is 0 Å². The summed E-state index contributed by atoms with van der Waals surface area (Å²) in [6.45, 7) is 2.86. The molecule has 2 aliphatic rings. The van der Waals surface area contributed by atoms with Gasteiger partial charge in [0.05, 0.1) is 32.0 Å². The van der Waals surface area contributed by atoms with E-state index in [1.165, 1.54) is 199 Å². The molecule has 0 radical (unpaired) electrons. The first-order valence-corrected chi connectivity index (χ1v) is 30.8. The number of carbonyl (C=O) groups is 1. The van der Waals surface area contributed by atoms with Crippen LogP contribution in [0.5, 0.6) is 0 Å². The van der Waals surface area contributed by atoms with Gasteiger partial charge in [-0.3, -0.25) is 4.79 Å². The topological polar surface area (TPSA) is 228 Å². The van der Waals surface area contributed by atoms with E-state index < -0.39 is 86.8 Å². The van der Waals surface area contributed by atoms with Gasteiger partial charge in [-0.2, -0.15) is 0 Å². The molecule has 0 saturated carbocycles. The number of rotatable bonds is 50. The van der Waals surface area contributed by atoms with Gasteiger partial charge in [-0.15, -0.1) is 0 Å². The maximum atomic E-state index is 13.2. The fraction of sp³-hybridized carbons (Fsp3) is 0.983. The van der Waals surface area contributed by atoms with E-state index >= 15 is 0 Å². The van der Waals surface area contributed by atoms with Crippen LogP contribution in [0.25, 0.3) is 0 Å². The van der Waals surface area contributed by atoms with Crippen LogP contribution in [0.15, 0.2) is 0 Å². The molecule has 2 saturated heterocycles. The van der Waals surface area contributed by atoms with Crippen LogP contribution in [-0.4, -0.2) is 140 Å². The fourth-order valence-corrected chi connectivity index (χ4v) is 10.6. The van der Waals surface area contributed by atoms with Crippen LogP contribution in [0.2, 0.25) is 0 Å². The molecule has 0 aromatic carbocycles. The summed E-state index contributed by atoms with van der Waals surface area (Å²) in [7, 11) is 0. The zero-order valence-corrected chi connectivity index (χ0v) is 46.7. The predicted molar refractivity (Wildman–Crippen MR) is 291 cm³/mol. The molecule has 0 aromatic rings. The van der Waals surface area contributed by atoms with Crippen molar-refractivity contribution in [1.29, 1.82) is 0 Å². The molecule has 2 fully saturated rings. The minimum absolute atomic E-state index is 0.206. The van der Waals surface area contributed by atoms with Gasteiger partial charge in [0, 0.05) is 6.42 Å². The highest BCUT2D eigenvalue weighted by atomic mass is 16.7. The lowest BCUT2D eigenvalue weighted by molar-refractivity contribution is -0.359. The van der Waals surface area contributed by atoms with E-state index in [1.54, 1.807) is 0 Å². The number of amides is 1. The van der Waals surface area contributed by atoms with Gasteiger partial charge in [-0.25, -0.2) is 0 Å². The van der Waals surface area contributed by atoms with Crippen molar-refractivity contribution in [2.75, 3.05) is 19.8 Å². The lowest BCUT2D eigenvalue weighted by atomic mass is 9.97. The van der Waals surface area contributed by atoms with Crippen molar-refractivity contribution in [2.24, 2.45) is 0 Å². The maximum absolute atomic E-state index is 13.2. The van der Waals surface area contributed by atoms with Gasteiger partial charge < -0.3 is 65.1 Å². The first-order chi connectivity index (χ1) is 35.6. The lowest BCUT2D eigenvalue weighted by Gasteiger charge is -2.46. The Balaban J connectivity index is 1.62. The summed E-state index contributed by atoms with van der Waals surface area (Å²) < 4.78 is 22.8. The molecule has 0 aromatic heterocycles. The van der Waals surface area contributed by atoms with Crippen molar-refractivity contribution in [2.45, 2.75) is 351 Å². The molecule has 12 unspecified atom stereocenters. The molecule has 0 bridgehead atoms. The number of nitrogens with one attached hydrogen (secondary N) is 1. The molecule has 1 amide bonds. The molecule has 12 atom stereocenters. The van der Waals surface area contributed by atoms with Gasteiger partial charge in [0.25, 0.3) is 0 Å². The zero-order valence-electron chi connectivity index (χ0n) is 46.7. The number of hydrogen-bond acceptors (Lipinski definition) is 13. The predicted octanol–water partition coefficient (Wildman–Crippen LogP) is 10.5. The zero-order chi connectivity index (χ0) is 53.2. The molecule has 2 heterocycles. The number of aliphatic hydroxyl groups excluding tert-OH is 8. The molecule has 73 heavy (non-hydrogen) atoms. The van der Waals surface area contributed by atoms with Crippen molar-refractivity contribution in [3.8, 4) is 0 Å². The lowest BCUT2D eigenvalue weighted by Crippen LogP contribution is -2.65. The number of ether oxygens (including phenoxy) is 4. The van der Waals surface area contributed by atoms with Crippen LogP contribution in [0.4, 0.5) is 0 Å². The van der Waals surface area contributed by atoms with Crippen molar-refractivity contribution < 1.29 is 64.6 Å². The van der Waals surface area contributed by atoms with Crippen LogP contribution in [0, 0.1) is 0 Å². The molecule has 2 aliphatic heterocycles. The highest BCUT2D eigenvalue weighted by Crippen LogP contribution is 2.30. The molecular weight excluding hydrogens is 931 g/mol. The highest BCUT2D eigenvalue weighted by molar-refractivity contribution is 5.76. The normalized spacial score (nSPS) is 25.3. The third-order valence-electron chi connectivity index (χ3n) is 15.6. The molecule has 9 N–H and O–H groups in total. The number of aliphatic hydroxyl groups is 8. The summed E-state index contributed by atoms with van der Waals surface area (Å²) >= 11 is 0. The Kier molecular flexibility index (Phi) is 42.9. The van der Waals surface area contributed by atoms with Gasteiger partial charge in [0.15, 0.2) is 12.6 Å². The molecule has 0 aliphatic carbocycles. The summed E-state index contributed by atoms with van der Waals surface area (Å²) in [4.78, 5) is 13.2. The van der Waals surface area contributed by atoms with Crippen LogP contribution in [-0.2, 0) is 23.7 Å². The fourth-order valence-electron chi connectivity index (χ4n) is 10.6. The Morgan fingerprint density at radius 1 is 0.438 bits per heavy atom. The smallest absolute Gasteiger partial charge is 0.220 e. The summed E-state index contributed by atoms with van der Waals surface area (Å²) in [5.41, 5.74) is 0. The summed E-state index contributed by atoms with van der Waals surface area (Å²) in [5, 5.41) is 87.1. The third kappa shape index (κ3) is 31.9. The molecule has 14 heteroatoms. The van der Waals surface area contributed by atoms with Crippen molar-refractivity contribution in [3.63, 3.8) is 0 Å². The number of carbonyl (C=O) groups excluding carboxylic acids is 1. The molecule has 2 rings (SSSR count). The largest absolute Gasteiger partial charge is 0.394 e. The second-order valence-corrected chi connectivity index (χ2v) is 22.2. The van der Waals surface area contributed by atoms with Crippen LogP contribution < -0.4 is 5.32 Å². The Bertz CT molecular complexity index is 1230. The Morgan fingerprint density at radius 3 is 1.16 bits per heavy atom. The van der Waals surface area contributed by atoms with Crippen LogP contribution in [0.1, 0.15) is 277 Å².